The Labute approximate surface area is 193 Å². The molecule has 0 saturated carbocycles. The Hall–Kier alpha value is -2.69. The number of hydrogen-bond donors (Lipinski definition) is 5. The molecule has 17 heteroatoms. The summed E-state index contributed by atoms with van der Waals surface area (Å²) in [5.74, 6) is 0.257. The summed E-state index contributed by atoms with van der Waals surface area (Å²) >= 11 is 1.10. The molecule has 15 nitrogen and oxygen atoms in total. The molecule has 3 aromatic rings. The van der Waals surface area contributed by atoms with Gasteiger partial charge in [-0.05, 0) is 5.56 Å². The van der Waals surface area contributed by atoms with Crippen molar-refractivity contribution in [1.82, 2.24) is 19.5 Å². The number of aliphatic hydroxyl groups is 2. The zero-order valence-electron chi connectivity index (χ0n) is 17.0. The summed E-state index contributed by atoms with van der Waals surface area (Å²) in [5, 5.41) is 31.7. The molecule has 5 N–H and O–H groups in total. The smallest absolute Gasteiger partial charge is 0.387 e. The molecular formula is C17H18N5O10PS. The van der Waals surface area contributed by atoms with Gasteiger partial charge in [0.25, 0.3) is 11.2 Å². The minimum Gasteiger partial charge on any atom is -0.387 e. The van der Waals surface area contributed by atoms with Crippen molar-refractivity contribution < 1.29 is 38.7 Å². The van der Waals surface area contributed by atoms with Crippen LogP contribution in [0.2, 0.25) is 0 Å². The van der Waals surface area contributed by atoms with Crippen LogP contribution in [0.3, 0.4) is 0 Å². The number of nitrogens with one attached hydrogen (secondary N) is 1. The highest BCUT2D eigenvalue weighted by atomic mass is 32.2. The highest BCUT2D eigenvalue weighted by Crippen LogP contribution is 2.38. The minimum atomic E-state index is -4.83. The Balaban J connectivity index is 1.57. The van der Waals surface area contributed by atoms with Crippen molar-refractivity contribution in [2.45, 2.75) is 35.4 Å². The van der Waals surface area contributed by atoms with Crippen molar-refractivity contribution in [1.29, 1.82) is 0 Å². The number of nitro benzene ring substituents is 1. The first kappa shape index (κ1) is 24.4. The second-order valence-electron chi connectivity index (χ2n) is 7.24. The van der Waals surface area contributed by atoms with Gasteiger partial charge in [-0.1, -0.05) is 23.9 Å². The maximum atomic E-state index is 12.5. The topological polar surface area (TPSA) is 223 Å². The average Bonchev–Trinajstić information content (AvgIpc) is 3.32. The predicted octanol–water partition coefficient (Wildman–Crippen LogP) is 0.0486. The second kappa shape index (κ2) is 9.52. The number of phosphoric ester groups is 1. The number of nitro groups is 1. The molecule has 2 aromatic heterocycles. The first-order chi connectivity index (χ1) is 16.0. The van der Waals surface area contributed by atoms with Gasteiger partial charge in [-0.2, -0.15) is 0 Å². The highest BCUT2D eigenvalue weighted by Gasteiger charge is 2.45. The van der Waals surface area contributed by atoms with Crippen molar-refractivity contribution in [2.24, 2.45) is 0 Å². The number of aromatic amines is 1. The van der Waals surface area contributed by atoms with Gasteiger partial charge in [0.15, 0.2) is 22.5 Å². The van der Waals surface area contributed by atoms with Crippen LogP contribution in [0.15, 0.2) is 40.5 Å². The van der Waals surface area contributed by atoms with Crippen molar-refractivity contribution in [3.63, 3.8) is 0 Å². The monoisotopic (exact) mass is 515 g/mol. The maximum Gasteiger partial charge on any atom is 0.469 e. The Morgan fingerprint density at radius 1 is 1.32 bits per heavy atom. The quantitative estimate of drug-likeness (QED) is 0.0880. The molecule has 1 saturated heterocycles. The third-order valence-corrected chi connectivity index (χ3v) is 6.36. The Kier molecular flexibility index (Phi) is 6.84. The lowest BCUT2D eigenvalue weighted by Gasteiger charge is -2.16. The van der Waals surface area contributed by atoms with E-state index in [9.17, 15) is 29.7 Å². The van der Waals surface area contributed by atoms with Gasteiger partial charge in [-0.15, -0.1) is 0 Å². The summed E-state index contributed by atoms with van der Waals surface area (Å²) in [6, 6.07) is 5.99. The third-order valence-electron chi connectivity index (χ3n) is 4.93. The Bertz CT molecular complexity index is 1330. The first-order valence-corrected chi connectivity index (χ1v) is 12.1. The van der Waals surface area contributed by atoms with Crippen LogP contribution in [0.1, 0.15) is 11.8 Å². The number of non-ortho nitro benzene ring substituents is 1. The van der Waals surface area contributed by atoms with E-state index in [1.165, 1.54) is 23.0 Å². The summed E-state index contributed by atoms with van der Waals surface area (Å²) in [7, 11) is -4.83. The van der Waals surface area contributed by atoms with Crippen molar-refractivity contribution >= 4 is 36.4 Å². The number of aromatic nitrogens is 4. The Morgan fingerprint density at radius 3 is 2.79 bits per heavy atom. The number of phosphoric acid groups is 1. The Morgan fingerprint density at radius 2 is 2.09 bits per heavy atom. The number of aliphatic hydroxyl groups excluding tert-OH is 2. The van der Waals surface area contributed by atoms with Crippen LogP contribution in [0.5, 0.6) is 0 Å². The van der Waals surface area contributed by atoms with Gasteiger partial charge in [0.2, 0.25) is 0 Å². The predicted molar refractivity (Wildman–Crippen MR) is 115 cm³/mol. The molecule has 1 aliphatic heterocycles. The van der Waals surface area contributed by atoms with E-state index in [1.807, 2.05) is 0 Å². The average molecular weight is 515 g/mol. The molecule has 1 fully saturated rings. The van der Waals surface area contributed by atoms with Crippen LogP contribution in [-0.4, -0.2) is 69.4 Å². The number of benzene rings is 1. The molecule has 3 heterocycles. The van der Waals surface area contributed by atoms with E-state index in [2.05, 4.69) is 19.5 Å². The van der Waals surface area contributed by atoms with Crippen LogP contribution in [0, 0.1) is 10.1 Å². The van der Waals surface area contributed by atoms with Crippen LogP contribution < -0.4 is 5.56 Å². The van der Waals surface area contributed by atoms with Crippen molar-refractivity contribution in [3.8, 4) is 0 Å². The van der Waals surface area contributed by atoms with Gasteiger partial charge in [0.1, 0.15) is 18.3 Å². The van der Waals surface area contributed by atoms with Crippen LogP contribution >= 0.6 is 19.6 Å². The number of thioether (sulfide) groups is 1. The number of hydrogen-bond acceptors (Lipinski definition) is 11. The van der Waals surface area contributed by atoms with E-state index >= 15 is 0 Å². The van der Waals surface area contributed by atoms with Crippen LogP contribution in [-0.2, 0) is 19.6 Å². The van der Waals surface area contributed by atoms with Crippen LogP contribution in [0.4, 0.5) is 5.69 Å². The summed E-state index contributed by atoms with van der Waals surface area (Å²) < 4.78 is 22.0. The van der Waals surface area contributed by atoms with E-state index in [-0.39, 0.29) is 27.8 Å². The van der Waals surface area contributed by atoms with Crippen LogP contribution in [0.25, 0.3) is 11.2 Å². The lowest BCUT2D eigenvalue weighted by Crippen LogP contribution is -2.33. The molecule has 0 radical (unpaired) electrons. The lowest BCUT2D eigenvalue weighted by molar-refractivity contribution is -0.384. The van der Waals surface area contributed by atoms with E-state index in [1.54, 1.807) is 12.1 Å². The lowest BCUT2D eigenvalue weighted by atomic mass is 10.1. The normalized spacial score (nSPS) is 22.9. The van der Waals surface area contributed by atoms with Gasteiger partial charge in [0.05, 0.1) is 17.9 Å². The zero-order valence-corrected chi connectivity index (χ0v) is 18.7. The van der Waals surface area contributed by atoms with E-state index in [0.29, 0.717) is 5.56 Å². The molecule has 4 atom stereocenters. The SMILES string of the molecule is O=c1[nH]c(SCc2cccc([N+](=O)[O-])c2)nc2c1ncn2C1O[C@@H](COP(=O)(O)O)[C@H](O)[C@@H]1O. The molecule has 4 rings (SSSR count). The van der Waals surface area contributed by atoms with E-state index in [4.69, 9.17) is 14.5 Å². The molecule has 1 unspecified atom stereocenters. The van der Waals surface area contributed by atoms with Crippen molar-refractivity contribution in [2.75, 3.05) is 6.61 Å². The largest absolute Gasteiger partial charge is 0.469 e. The second-order valence-corrected chi connectivity index (χ2v) is 9.45. The number of fused-ring (bicyclic) bond motifs is 1. The number of ether oxygens (including phenoxy) is 1. The van der Waals surface area contributed by atoms with Gasteiger partial charge in [-0.25, -0.2) is 14.5 Å². The summed E-state index contributed by atoms with van der Waals surface area (Å²) in [6.07, 6.45) is -4.44. The fourth-order valence-corrected chi connectivity index (χ4v) is 4.48. The zero-order chi connectivity index (χ0) is 24.6. The molecule has 0 spiro atoms. The molecule has 0 aliphatic carbocycles. The van der Waals surface area contributed by atoms with E-state index < -0.39 is 49.5 Å². The minimum absolute atomic E-state index is 0.0260. The van der Waals surface area contributed by atoms with Gasteiger partial charge >= 0.3 is 7.82 Å². The summed E-state index contributed by atoms with van der Waals surface area (Å²) in [5.41, 5.74) is -0.0740. The number of nitrogens with zero attached hydrogens (tertiary/aromatic N) is 4. The maximum absolute atomic E-state index is 12.5. The number of rotatable bonds is 8. The summed E-state index contributed by atoms with van der Waals surface area (Å²) in [6.45, 7) is -0.691. The van der Waals surface area contributed by atoms with Gasteiger partial charge in [0, 0.05) is 17.9 Å². The van der Waals surface area contributed by atoms with Gasteiger partial charge < -0.3 is 24.7 Å². The molecule has 34 heavy (non-hydrogen) atoms. The fraction of sp³-hybridized carbons (Fsp3) is 0.353. The molecule has 0 bridgehead atoms. The molecule has 0 amide bonds. The molecular weight excluding hydrogens is 497 g/mol. The van der Waals surface area contributed by atoms with E-state index in [0.717, 1.165) is 11.8 Å². The third kappa shape index (κ3) is 5.18. The molecule has 1 aromatic carbocycles. The number of H-pyrrole nitrogens is 1. The highest BCUT2D eigenvalue weighted by molar-refractivity contribution is 7.98. The molecule has 1 aliphatic rings. The standard InChI is InChI=1S/C17H18N5O10PS/c23-12-10(5-31-33(28,29)30)32-16(13(12)24)21-7-18-11-14(21)19-17(20-15(11)25)34-6-8-2-1-3-9(4-8)22(26)27/h1-4,7,10,12-13,16,23-24H,5-6H2,(H,19,20,25)(H2,28,29,30)/t10-,12-,13-,16?/m0/s1. The van der Waals surface area contributed by atoms with Gasteiger partial charge in [-0.3, -0.25) is 29.0 Å². The number of imidazole rings is 1. The fourth-order valence-electron chi connectivity index (χ4n) is 3.34. The summed E-state index contributed by atoms with van der Waals surface area (Å²) in [4.78, 5) is 51.4. The van der Waals surface area contributed by atoms with Crippen molar-refractivity contribution in [3.05, 3.63) is 56.6 Å². The molecule has 182 valence electrons. The first-order valence-electron chi connectivity index (χ1n) is 9.58.